The number of thioether (sulfide) groups is 1. The Morgan fingerprint density at radius 2 is 2.09 bits per heavy atom. The fourth-order valence-electron chi connectivity index (χ4n) is 2.42. The highest BCUT2D eigenvalue weighted by Crippen LogP contribution is 2.29. The van der Waals surface area contributed by atoms with Crippen LogP contribution in [0.15, 0.2) is 4.99 Å². The first kappa shape index (κ1) is 16.8. The van der Waals surface area contributed by atoms with Gasteiger partial charge < -0.3 is 9.80 Å². The van der Waals surface area contributed by atoms with Crippen LogP contribution >= 0.6 is 11.8 Å². The second-order valence-corrected chi connectivity index (χ2v) is 6.98. The Morgan fingerprint density at radius 1 is 1.41 bits per heavy atom. The summed E-state index contributed by atoms with van der Waals surface area (Å²) >= 11 is 1.33. The molecule has 2 heterocycles. The predicted octanol–water partition coefficient (Wildman–Crippen LogP) is 0.903. The van der Waals surface area contributed by atoms with E-state index in [1.165, 1.54) is 23.6 Å². The van der Waals surface area contributed by atoms with Crippen molar-refractivity contribution in [3.8, 4) is 0 Å². The SMILES string of the molecule is CC(=O)CSC1=NC2C(C(=O)NC(=O)N2C)N1CCC(C)C. The minimum absolute atomic E-state index is 0.0558. The van der Waals surface area contributed by atoms with E-state index in [2.05, 4.69) is 24.2 Å². The van der Waals surface area contributed by atoms with E-state index in [-0.39, 0.29) is 11.7 Å². The number of nitrogens with one attached hydrogen (secondary N) is 1. The molecule has 0 spiro atoms. The molecule has 1 saturated heterocycles. The summed E-state index contributed by atoms with van der Waals surface area (Å²) in [6.07, 6.45) is 0.399. The molecule has 2 aliphatic rings. The maximum atomic E-state index is 12.2. The van der Waals surface area contributed by atoms with Crippen molar-refractivity contribution in [1.29, 1.82) is 0 Å². The number of amides is 3. The van der Waals surface area contributed by atoms with Crippen molar-refractivity contribution in [3.63, 3.8) is 0 Å². The predicted molar refractivity (Wildman–Crippen MR) is 85.6 cm³/mol. The Kier molecular flexibility index (Phi) is 5.10. The molecule has 3 amide bonds. The van der Waals surface area contributed by atoms with Crippen molar-refractivity contribution in [2.45, 2.75) is 39.4 Å². The third-order valence-corrected chi connectivity index (χ3v) is 4.82. The van der Waals surface area contributed by atoms with E-state index in [0.717, 1.165) is 6.42 Å². The standard InChI is InChI=1S/C14H22N4O3S/c1-8(2)5-6-18-10-11(15-14(18)22-7-9(3)19)17(4)13(21)16-12(10)20/h8,10-11H,5-7H2,1-4H3,(H,16,20,21). The Morgan fingerprint density at radius 3 is 2.68 bits per heavy atom. The van der Waals surface area contributed by atoms with Crippen LogP contribution in [0.1, 0.15) is 27.2 Å². The largest absolute Gasteiger partial charge is 0.336 e. The average molecular weight is 326 g/mol. The smallest absolute Gasteiger partial charge is 0.325 e. The van der Waals surface area contributed by atoms with Gasteiger partial charge in [0.1, 0.15) is 5.78 Å². The van der Waals surface area contributed by atoms with Crippen LogP contribution < -0.4 is 5.32 Å². The number of nitrogens with zero attached hydrogens (tertiary/aromatic N) is 3. The van der Waals surface area contributed by atoms with Crippen molar-refractivity contribution in [2.75, 3.05) is 19.3 Å². The zero-order valence-corrected chi connectivity index (χ0v) is 14.1. The molecule has 0 aromatic rings. The van der Waals surface area contributed by atoms with Crippen LogP contribution in [0.25, 0.3) is 0 Å². The molecule has 1 fully saturated rings. The monoisotopic (exact) mass is 326 g/mol. The van der Waals surface area contributed by atoms with E-state index in [1.54, 1.807) is 7.05 Å². The molecular formula is C14H22N4O3S. The molecular weight excluding hydrogens is 304 g/mol. The topological polar surface area (TPSA) is 82.1 Å². The molecule has 0 aromatic carbocycles. The van der Waals surface area contributed by atoms with Crippen LogP contribution in [0.4, 0.5) is 4.79 Å². The van der Waals surface area contributed by atoms with Crippen molar-refractivity contribution < 1.29 is 14.4 Å². The lowest BCUT2D eigenvalue weighted by Crippen LogP contribution is -2.63. The number of carbonyl (C=O) groups excluding carboxylic acids is 3. The number of hydrogen-bond acceptors (Lipinski definition) is 6. The molecule has 0 bridgehead atoms. The van der Waals surface area contributed by atoms with Gasteiger partial charge in [-0.15, -0.1) is 0 Å². The Hall–Kier alpha value is -1.57. The van der Waals surface area contributed by atoms with Gasteiger partial charge in [0, 0.05) is 13.6 Å². The van der Waals surface area contributed by atoms with Gasteiger partial charge in [0.2, 0.25) is 0 Å². The van der Waals surface area contributed by atoms with Gasteiger partial charge in [0.25, 0.3) is 5.91 Å². The van der Waals surface area contributed by atoms with E-state index in [9.17, 15) is 14.4 Å². The fraction of sp³-hybridized carbons (Fsp3) is 0.714. The third kappa shape index (κ3) is 3.43. The highest BCUT2D eigenvalue weighted by Gasteiger charge is 2.48. The number of Topliss-reactive ketones (excluding diaryl/α,β-unsaturated/α-hetero) is 1. The van der Waals surface area contributed by atoms with Crippen molar-refractivity contribution in [1.82, 2.24) is 15.1 Å². The molecule has 2 unspecified atom stereocenters. The van der Waals surface area contributed by atoms with Gasteiger partial charge in [-0.3, -0.25) is 14.9 Å². The molecule has 1 N–H and O–H groups in total. The lowest BCUT2D eigenvalue weighted by atomic mass is 10.1. The van der Waals surface area contributed by atoms with Crippen molar-refractivity contribution in [3.05, 3.63) is 0 Å². The molecule has 2 atom stereocenters. The third-order valence-electron chi connectivity index (χ3n) is 3.67. The number of urea groups is 1. The number of fused-ring (bicyclic) bond motifs is 1. The van der Waals surface area contributed by atoms with Crippen LogP contribution in [0.5, 0.6) is 0 Å². The highest BCUT2D eigenvalue weighted by molar-refractivity contribution is 8.14. The first-order valence-electron chi connectivity index (χ1n) is 7.35. The summed E-state index contributed by atoms with van der Waals surface area (Å²) in [5, 5.41) is 3.03. The molecule has 122 valence electrons. The van der Waals surface area contributed by atoms with Gasteiger partial charge in [-0.05, 0) is 19.3 Å². The van der Waals surface area contributed by atoms with Crippen LogP contribution in [0.3, 0.4) is 0 Å². The Labute approximate surface area is 134 Å². The maximum Gasteiger partial charge on any atom is 0.325 e. The first-order valence-corrected chi connectivity index (χ1v) is 8.34. The van der Waals surface area contributed by atoms with E-state index in [1.807, 2.05) is 4.90 Å². The quantitative estimate of drug-likeness (QED) is 0.812. The number of rotatable bonds is 5. The summed E-state index contributed by atoms with van der Waals surface area (Å²) in [6, 6.07) is -0.937. The number of aliphatic imine (C=N–C) groups is 1. The molecule has 7 nitrogen and oxygen atoms in total. The summed E-state index contributed by atoms with van der Waals surface area (Å²) < 4.78 is 0. The second kappa shape index (κ2) is 6.68. The summed E-state index contributed by atoms with van der Waals surface area (Å²) in [5.74, 6) is 0.541. The molecule has 2 aliphatic heterocycles. The van der Waals surface area contributed by atoms with Crippen LogP contribution in [0, 0.1) is 5.92 Å². The fourth-order valence-corrected chi connectivity index (χ4v) is 3.30. The summed E-state index contributed by atoms with van der Waals surface area (Å²) in [4.78, 5) is 43.1. The molecule has 0 saturated carbocycles. The number of hydrogen-bond donors (Lipinski definition) is 1. The van der Waals surface area contributed by atoms with E-state index in [4.69, 9.17) is 0 Å². The zero-order valence-electron chi connectivity index (χ0n) is 13.3. The number of carbonyl (C=O) groups is 3. The zero-order chi connectivity index (χ0) is 16.4. The van der Waals surface area contributed by atoms with Gasteiger partial charge in [0.15, 0.2) is 17.4 Å². The second-order valence-electron chi connectivity index (χ2n) is 6.04. The molecule has 0 aromatic heterocycles. The Balaban J connectivity index is 2.21. The highest BCUT2D eigenvalue weighted by atomic mass is 32.2. The number of imide groups is 1. The molecule has 8 heteroatoms. The van der Waals surface area contributed by atoms with E-state index < -0.39 is 18.2 Å². The van der Waals surface area contributed by atoms with Gasteiger partial charge in [-0.25, -0.2) is 9.79 Å². The molecule has 0 radical (unpaired) electrons. The number of ketones is 1. The van der Waals surface area contributed by atoms with E-state index in [0.29, 0.717) is 23.4 Å². The van der Waals surface area contributed by atoms with Crippen LogP contribution in [-0.4, -0.2) is 64.2 Å². The number of amidine groups is 1. The lowest BCUT2D eigenvalue weighted by molar-refractivity contribution is -0.127. The number of likely N-dealkylation sites (N-methyl/N-ethyl adjacent to an activating group) is 1. The van der Waals surface area contributed by atoms with Gasteiger partial charge in [-0.1, -0.05) is 25.6 Å². The van der Waals surface area contributed by atoms with E-state index >= 15 is 0 Å². The molecule has 2 rings (SSSR count). The summed E-state index contributed by atoms with van der Waals surface area (Å²) in [5.41, 5.74) is 0. The maximum absolute atomic E-state index is 12.2. The Bertz CT molecular complexity index is 520. The molecule has 22 heavy (non-hydrogen) atoms. The van der Waals surface area contributed by atoms with Gasteiger partial charge in [0.05, 0.1) is 5.75 Å². The van der Waals surface area contributed by atoms with Crippen molar-refractivity contribution >= 4 is 34.7 Å². The summed E-state index contributed by atoms with van der Waals surface area (Å²) in [7, 11) is 1.63. The van der Waals surface area contributed by atoms with Crippen molar-refractivity contribution in [2.24, 2.45) is 10.9 Å². The minimum atomic E-state index is -0.511. The molecule has 0 aliphatic carbocycles. The van der Waals surface area contributed by atoms with Gasteiger partial charge >= 0.3 is 6.03 Å². The van der Waals surface area contributed by atoms with Crippen LogP contribution in [0.2, 0.25) is 0 Å². The minimum Gasteiger partial charge on any atom is -0.336 e. The van der Waals surface area contributed by atoms with Gasteiger partial charge in [-0.2, -0.15) is 0 Å². The normalized spacial score (nSPS) is 24.5. The summed E-state index contributed by atoms with van der Waals surface area (Å²) in [6.45, 7) is 6.43. The first-order chi connectivity index (χ1) is 10.3. The average Bonchev–Trinajstić information content (AvgIpc) is 2.79. The van der Waals surface area contributed by atoms with Crippen LogP contribution in [-0.2, 0) is 9.59 Å². The lowest BCUT2D eigenvalue weighted by Gasteiger charge is -2.36.